The second-order valence-corrected chi connectivity index (χ2v) is 1.59. The van der Waals surface area contributed by atoms with Gasteiger partial charge in [-0.15, -0.1) is 0 Å². The highest BCUT2D eigenvalue weighted by Gasteiger charge is 1.44. The predicted molar refractivity (Wildman–Crippen MR) is 19.0 cm³/mol. The van der Waals surface area contributed by atoms with Gasteiger partial charge in [0.2, 0.25) is 0 Å². The normalized spacial score (nSPS) is 8.30. The smallest absolute Gasteiger partial charge is 0.0431 e. The highest BCUT2D eigenvalue weighted by molar-refractivity contribution is 7.40. The van der Waals surface area contributed by atoms with E-state index < -0.39 is 14.0 Å². The first-order chi connectivity index (χ1) is 3.73. The summed E-state index contributed by atoms with van der Waals surface area (Å²) in [5.74, 6) is 0. The Bertz CT molecular complexity index is 113. The summed E-state index contributed by atoms with van der Waals surface area (Å²) < 4.78 is 8.55. The van der Waals surface area contributed by atoms with Gasteiger partial charge in [-0.1, -0.05) is 0 Å². The van der Waals surface area contributed by atoms with Gasteiger partial charge in [-0.05, 0) is 6.16 Å². The van der Waals surface area contributed by atoms with E-state index in [1.54, 1.807) is 0 Å². The molecule has 0 bridgehead atoms. The summed E-state index contributed by atoms with van der Waals surface area (Å²) in [7, 11) is -5.39. The van der Waals surface area contributed by atoms with Crippen molar-refractivity contribution in [1.29, 1.82) is 0 Å². The van der Waals surface area contributed by atoms with Crippen LogP contribution in [-0.2, 0) is 4.57 Å². The highest BCUT2D eigenvalue weighted by Crippen LogP contribution is 2.03. The Balaban J connectivity index is -0.0000000910. The van der Waals surface area contributed by atoms with Gasteiger partial charge in [-0.25, -0.2) is 0 Å². The van der Waals surface area contributed by atoms with Crippen LogP contribution >= 0.6 is 7.82 Å². The molecular weight excluding hydrogens is 169 g/mol. The lowest BCUT2D eigenvalue weighted by atomic mass is 11.5. The van der Waals surface area contributed by atoms with Gasteiger partial charge >= 0.3 is 0 Å². The van der Waals surface area contributed by atoms with E-state index in [1.165, 1.54) is 0 Å². The van der Waals surface area contributed by atoms with E-state index in [2.05, 4.69) is 0 Å². The first-order valence-electron chi connectivity index (χ1n) is 1.34. The summed E-state index contributed by atoms with van der Waals surface area (Å²) >= 11 is 0. The molecule has 0 unspecified atom stereocenters. The number of hydrogen-bond acceptors (Lipinski definition) is 7. The molecule has 0 aliphatic carbocycles. The molecule has 0 atom stereocenters. The van der Waals surface area contributed by atoms with E-state index in [4.69, 9.17) is 34.3 Å². The fourth-order valence-electron chi connectivity index (χ4n) is 0. The van der Waals surface area contributed by atoms with Crippen LogP contribution in [0, 0.1) is 0 Å². The molecule has 0 saturated heterocycles. The van der Waals surface area contributed by atoms with Gasteiger partial charge in [0.15, 0.2) is 0 Å². The monoisotopic (exact) mass is 173 g/mol. The number of hydrogen-bond donors (Lipinski definition) is 1. The lowest BCUT2D eigenvalue weighted by Crippen LogP contribution is -2.37. The third-order valence-electron chi connectivity index (χ3n) is 0. The summed E-state index contributed by atoms with van der Waals surface area (Å²) in [6, 6.07) is 0. The van der Waals surface area contributed by atoms with Gasteiger partial charge in [0.1, 0.15) is 0 Å². The third kappa shape index (κ3) is 677. The van der Waals surface area contributed by atoms with Crippen molar-refractivity contribution >= 4 is 14.0 Å². The topological polar surface area (TPSA) is 186 Å². The molecule has 64 valence electrons. The molecule has 0 aliphatic heterocycles. The van der Waals surface area contributed by atoms with Gasteiger partial charge in [-0.2, -0.15) is 7.82 Å². The summed E-state index contributed by atoms with van der Waals surface area (Å²) in [5, 5.41) is 16.7. The molecule has 0 aromatic heterocycles. The van der Waals surface area contributed by atoms with Crippen molar-refractivity contribution in [3.8, 4) is 0 Å². The molecule has 0 amide bonds. The molecule has 0 radical (unpaired) electrons. The first kappa shape index (κ1) is 16.2. The molecule has 0 aromatic carbocycles. The first-order valence-corrected chi connectivity index (χ1v) is 2.80. The zero-order chi connectivity index (χ0) is 8.08. The molecule has 0 aliphatic rings. The van der Waals surface area contributed by atoms with Crippen LogP contribution in [-0.4, -0.2) is 6.16 Å². The number of rotatable bonds is 0. The Labute approximate surface area is 55.6 Å². The second-order valence-electron chi connectivity index (χ2n) is 0.697. The zero-order valence-corrected chi connectivity index (χ0v) is 5.70. The number of carbonyl (C=O) groups is 1. The molecule has 10 heavy (non-hydrogen) atoms. The van der Waals surface area contributed by atoms with Crippen LogP contribution in [0.5, 0.6) is 0 Å². The largest absolute Gasteiger partial charge is 0.822 e. The molecule has 0 aromatic rings. The van der Waals surface area contributed by atoms with Crippen molar-refractivity contribution in [2.24, 2.45) is 0 Å². The molecule has 9 heteroatoms. The summed E-state index contributed by atoms with van der Waals surface area (Å²) in [5.41, 5.74) is 0. The maximum absolute atomic E-state index is 8.55. The number of quaternary nitrogens is 1. The molecule has 0 heterocycles. The van der Waals surface area contributed by atoms with Gasteiger partial charge in [0.05, 0.1) is 0 Å². The van der Waals surface area contributed by atoms with Crippen molar-refractivity contribution in [1.82, 2.24) is 6.15 Å². The summed E-state index contributed by atoms with van der Waals surface area (Å²) in [4.78, 5) is 34.0. The Morgan fingerprint density at radius 2 is 1.10 bits per heavy atom. The van der Waals surface area contributed by atoms with Crippen LogP contribution < -0.4 is 31.0 Å². The molecule has 8 nitrogen and oxygen atoms in total. The predicted octanol–water partition coefficient (Wildman–Crippen LogP) is -4.90. The van der Waals surface area contributed by atoms with Crippen LogP contribution in [0.15, 0.2) is 0 Å². The average molecular weight is 173 g/mol. The fourth-order valence-corrected chi connectivity index (χ4v) is 0. The van der Waals surface area contributed by atoms with Crippen molar-refractivity contribution in [3.05, 3.63) is 0 Å². The lowest BCUT2D eigenvalue weighted by molar-refractivity contribution is -0.432. The van der Waals surface area contributed by atoms with E-state index in [-0.39, 0.29) is 6.15 Å². The second kappa shape index (κ2) is 6.46. The van der Waals surface area contributed by atoms with Crippen molar-refractivity contribution in [3.63, 3.8) is 0 Å². The van der Waals surface area contributed by atoms with E-state index >= 15 is 0 Å². The maximum atomic E-state index is 8.55. The van der Waals surface area contributed by atoms with Crippen LogP contribution in [0.1, 0.15) is 0 Å². The Morgan fingerprint density at radius 3 is 1.10 bits per heavy atom. The molecule has 0 saturated carbocycles. The molecule has 0 rings (SSSR count). The van der Waals surface area contributed by atoms with Crippen molar-refractivity contribution in [2.75, 3.05) is 0 Å². The minimum atomic E-state index is -5.39. The van der Waals surface area contributed by atoms with E-state index in [0.29, 0.717) is 0 Å². The standard InChI is InChI=1S/CH2O3.H3N.H3O4P/c2-1(3)4;;1-5(2,3)4/h(H2,2,3,4);1H3;(H3,1,2,3,4)/p-4. The van der Waals surface area contributed by atoms with Crippen molar-refractivity contribution < 1.29 is 34.3 Å². The number of carbonyl (C=O) groups excluding carboxylic acids is 1. The van der Waals surface area contributed by atoms with Crippen LogP contribution in [0.2, 0.25) is 0 Å². The van der Waals surface area contributed by atoms with Crippen LogP contribution in [0.3, 0.4) is 0 Å². The summed E-state index contributed by atoms with van der Waals surface area (Å²) in [6.07, 6.45) is -2.33. The molecule has 0 spiro atoms. The van der Waals surface area contributed by atoms with Gasteiger partial charge in [-0.3, -0.25) is 0 Å². The minimum absolute atomic E-state index is 0. The highest BCUT2D eigenvalue weighted by atomic mass is 31.2. The average Bonchev–Trinajstić information content (AvgIpc) is 1.19. The lowest BCUT2D eigenvalue weighted by Gasteiger charge is -2.36. The fraction of sp³-hybridized carbons (Fsp3) is 0. The van der Waals surface area contributed by atoms with Crippen LogP contribution in [0.25, 0.3) is 0 Å². The Kier molecular flexibility index (Phi) is 10.4. The van der Waals surface area contributed by atoms with E-state index in [9.17, 15) is 0 Å². The molecular formula is CH4NO7P-4. The van der Waals surface area contributed by atoms with Gasteiger partial charge in [0, 0.05) is 0 Å². The quantitative estimate of drug-likeness (QED) is 0.355. The van der Waals surface area contributed by atoms with Crippen molar-refractivity contribution in [2.45, 2.75) is 0 Å². The Morgan fingerprint density at radius 1 is 1.10 bits per heavy atom. The van der Waals surface area contributed by atoms with Gasteiger partial charge in [0.25, 0.3) is 0 Å². The third-order valence-corrected chi connectivity index (χ3v) is 0. The number of carboxylic acid groups (broad SMARTS) is 2. The summed E-state index contributed by atoms with van der Waals surface area (Å²) in [6.45, 7) is 0. The van der Waals surface area contributed by atoms with E-state index in [0.717, 1.165) is 0 Å². The molecule has 0 fully saturated rings. The maximum Gasteiger partial charge on any atom is -0.0431 e. The minimum Gasteiger partial charge on any atom is -0.822 e. The SMILES string of the molecule is O=C([O-])[O-].O=P([O-])([O-])[O-].[NH4+]. The van der Waals surface area contributed by atoms with E-state index in [1.807, 2.05) is 0 Å². The molecule has 4 N–H and O–H groups in total. The number of phosphoric acid groups is 1. The van der Waals surface area contributed by atoms with Gasteiger partial charge < -0.3 is 40.4 Å². The van der Waals surface area contributed by atoms with Crippen LogP contribution in [0.4, 0.5) is 4.79 Å². The zero-order valence-electron chi connectivity index (χ0n) is 4.80. The Hall–Kier alpha value is -0.660.